The van der Waals surface area contributed by atoms with E-state index in [0.29, 0.717) is 0 Å². The third-order valence-electron chi connectivity index (χ3n) is 1.58. The average Bonchev–Trinajstić information content (AvgIpc) is 2.03. The van der Waals surface area contributed by atoms with Gasteiger partial charge in [-0.25, -0.2) is 0 Å². The molecule has 0 aliphatic carbocycles. The topological polar surface area (TPSA) is 9.23 Å². The first-order valence-electron chi connectivity index (χ1n) is 3.59. The van der Waals surface area contributed by atoms with Crippen LogP contribution in [-0.2, 0) is 6.42 Å². The normalized spacial score (nSPS) is 9.73. The van der Waals surface area contributed by atoms with E-state index in [0.717, 1.165) is 17.2 Å². The number of hydrogen-bond acceptors (Lipinski definition) is 1. The van der Waals surface area contributed by atoms with E-state index in [4.69, 9.17) is 16.3 Å². The van der Waals surface area contributed by atoms with E-state index in [1.54, 1.807) is 13.2 Å². The Bertz CT molecular complexity index is 223. The van der Waals surface area contributed by atoms with Gasteiger partial charge >= 0.3 is 0 Å². The fourth-order valence-electron chi connectivity index (χ4n) is 0.943. The van der Waals surface area contributed by atoms with Gasteiger partial charge in [-0.05, 0) is 30.2 Å². The van der Waals surface area contributed by atoms with Gasteiger partial charge in [0.1, 0.15) is 5.75 Å². The maximum atomic E-state index is 5.83. The Balaban J connectivity index is 3.02. The largest absolute Gasteiger partial charge is 0.497 e. The highest BCUT2D eigenvalue weighted by molar-refractivity contribution is 6.30. The second-order valence-corrected chi connectivity index (χ2v) is 2.79. The minimum Gasteiger partial charge on any atom is -0.497 e. The van der Waals surface area contributed by atoms with Gasteiger partial charge in [0.15, 0.2) is 0 Å². The number of aryl methyl sites for hydroxylation is 1. The van der Waals surface area contributed by atoms with Crippen molar-refractivity contribution in [1.29, 1.82) is 0 Å². The van der Waals surface area contributed by atoms with Crippen molar-refractivity contribution < 1.29 is 4.74 Å². The fraction of sp³-hybridized carbons (Fsp3) is 0.333. The number of hydrogen-bond donors (Lipinski definition) is 0. The lowest BCUT2D eigenvalue weighted by atomic mass is 10.2. The zero-order chi connectivity index (χ0) is 8.27. The lowest BCUT2D eigenvalue weighted by Crippen LogP contribution is -1.85. The lowest BCUT2D eigenvalue weighted by molar-refractivity contribution is 0.414. The molecule has 0 radical (unpaired) electrons. The van der Waals surface area contributed by atoms with Gasteiger partial charge in [0.05, 0.1) is 7.11 Å². The number of halogens is 1. The molecule has 0 fully saturated rings. The highest BCUT2D eigenvalue weighted by Crippen LogP contribution is 2.20. The number of ether oxygens (including phenoxy) is 1. The SMILES string of the molecule is CCc1cc(Cl)cc(OC)c1. The first kappa shape index (κ1) is 8.41. The quantitative estimate of drug-likeness (QED) is 0.663. The van der Waals surface area contributed by atoms with Gasteiger partial charge in [-0.3, -0.25) is 0 Å². The molecule has 60 valence electrons. The van der Waals surface area contributed by atoms with Gasteiger partial charge in [-0.1, -0.05) is 18.5 Å². The van der Waals surface area contributed by atoms with Gasteiger partial charge in [-0.15, -0.1) is 0 Å². The number of rotatable bonds is 2. The summed E-state index contributed by atoms with van der Waals surface area (Å²) < 4.78 is 5.05. The van der Waals surface area contributed by atoms with Crippen LogP contribution in [0.2, 0.25) is 5.02 Å². The van der Waals surface area contributed by atoms with Crippen LogP contribution in [0.25, 0.3) is 0 Å². The van der Waals surface area contributed by atoms with Crippen molar-refractivity contribution in [1.82, 2.24) is 0 Å². The zero-order valence-corrected chi connectivity index (χ0v) is 7.48. The third kappa shape index (κ3) is 2.12. The fourth-order valence-corrected chi connectivity index (χ4v) is 1.19. The molecule has 0 N–H and O–H groups in total. The molecule has 0 heterocycles. The Morgan fingerprint density at radius 2 is 2.09 bits per heavy atom. The van der Waals surface area contributed by atoms with Crippen LogP contribution in [0.5, 0.6) is 5.75 Å². The zero-order valence-electron chi connectivity index (χ0n) is 6.73. The Morgan fingerprint density at radius 1 is 1.36 bits per heavy atom. The van der Waals surface area contributed by atoms with E-state index in [1.807, 2.05) is 12.1 Å². The third-order valence-corrected chi connectivity index (χ3v) is 1.79. The molecule has 0 spiro atoms. The summed E-state index contributed by atoms with van der Waals surface area (Å²) in [6, 6.07) is 5.75. The van der Waals surface area contributed by atoms with Crippen LogP contribution >= 0.6 is 11.6 Å². The molecule has 0 aromatic heterocycles. The summed E-state index contributed by atoms with van der Waals surface area (Å²) in [6.07, 6.45) is 0.983. The molecule has 2 heteroatoms. The molecule has 0 aliphatic rings. The highest BCUT2D eigenvalue weighted by atomic mass is 35.5. The molecule has 1 nitrogen and oxygen atoms in total. The lowest BCUT2D eigenvalue weighted by Gasteiger charge is -2.02. The monoisotopic (exact) mass is 170 g/mol. The van der Waals surface area contributed by atoms with Crippen molar-refractivity contribution in [2.45, 2.75) is 13.3 Å². The van der Waals surface area contributed by atoms with Crippen molar-refractivity contribution in [3.63, 3.8) is 0 Å². The van der Waals surface area contributed by atoms with Crippen LogP contribution in [0.1, 0.15) is 12.5 Å². The summed E-state index contributed by atoms with van der Waals surface area (Å²) in [4.78, 5) is 0. The van der Waals surface area contributed by atoms with E-state index >= 15 is 0 Å². The van der Waals surface area contributed by atoms with E-state index in [-0.39, 0.29) is 0 Å². The van der Waals surface area contributed by atoms with Crippen LogP contribution in [0.3, 0.4) is 0 Å². The summed E-state index contributed by atoms with van der Waals surface area (Å²) in [5, 5.41) is 0.737. The second-order valence-electron chi connectivity index (χ2n) is 2.35. The van der Waals surface area contributed by atoms with Crippen LogP contribution in [0.4, 0.5) is 0 Å². The molecule has 0 saturated carbocycles. The Morgan fingerprint density at radius 3 is 2.64 bits per heavy atom. The van der Waals surface area contributed by atoms with Crippen molar-refractivity contribution in [3.05, 3.63) is 28.8 Å². The predicted octanol–water partition coefficient (Wildman–Crippen LogP) is 2.91. The maximum absolute atomic E-state index is 5.83. The molecular weight excluding hydrogens is 160 g/mol. The molecule has 0 aliphatic heterocycles. The summed E-state index contributed by atoms with van der Waals surface area (Å²) in [5.41, 5.74) is 1.20. The molecule has 0 amide bonds. The van der Waals surface area contributed by atoms with Crippen LogP contribution < -0.4 is 4.74 Å². The Labute approximate surface area is 71.9 Å². The van der Waals surface area contributed by atoms with E-state index in [2.05, 4.69) is 6.92 Å². The Hall–Kier alpha value is -0.690. The molecule has 1 aromatic rings. The molecule has 0 saturated heterocycles. The van der Waals surface area contributed by atoms with Crippen LogP contribution in [0.15, 0.2) is 18.2 Å². The van der Waals surface area contributed by atoms with Crippen molar-refractivity contribution >= 4 is 11.6 Å². The summed E-state index contributed by atoms with van der Waals surface area (Å²) in [6.45, 7) is 2.09. The van der Waals surface area contributed by atoms with E-state index < -0.39 is 0 Å². The maximum Gasteiger partial charge on any atom is 0.120 e. The molecule has 0 atom stereocenters. The minimum atomic E-state index is 0.737. The molecule has 0 bridgehead atoms. The summed E-state index contributed by atoms with van der Waals surface area (Å²) >= 11 is 5.83. The molecule has 1 rings (SSSR count). The number of methoxy groups -OCH3 is 1. The summed E-state index contributed by atoms with van der Waals surface area (Å²) in [5.74, 6) is 0.828. The number of benzene rings is 1. The first-order valence-corrected chi connectivity index (χ1v) is 3.97. The average molecular weight is 171 g/mol. The Kier molecular flexibility index (Phi) is 2.77. The summed E-state index contributed by atoms with van der Waals surface area (Å²) in [7, 11) is 1.64. The highest BCUT2D eigenvalue weighted by Gasteiger charge is 1.96. The van der Waals surface area contributed by atoms with Gasteiger partial charge in [0, 0.05) is 5.02 Å². The molecular formula is C9H11ClO. The van der Waals surface area contributed by atoms with E-state index in [1.165, 1.54) is 5.56 Å². The van der Waals surface area contributed by atoms with Crippen molar-refractivity contribution in [2.24, 2.45) is 0 Å². The minimum absolute atomic E-state index is 0.737. The smallest absolute Gasteiger partial charge is 0.120 e. The second kappa shape index (κ2) is 3.63. The molecule has 0 unspecified atom stereocenters. The molecule has 1 aromatic carbocycles. The standard InChI is InChI=1S/C9H11ClO/c1-3-7-4-8(10)6-9(5-7)11-2/h4-6H,3H2,1-2H3. The van der Waals surface area contributed by atoms with E-state index in [9.17, 15) is 0 Å². The predicted molar refractivity (Wildman–Crippen MR) is 47.4 cm³/mol. The van der Waals surface area contributed by atoms with Gasteiger partial charge < -0.3 is 4.74 Å². The van der Waals surface area contributed by atoms with Gasteiger partial charge in [0.25, 0.3) is 0 Å². The van der Waals surface area contributed by atoms with Crippen LogP contribution in [0, 0.1) is 0 Å². The van der Waals surface area contributed by atoms with Gasteiger partial charge in [-0.2, -0.15) is 0 Å². The van der Waals surface area contributed by atoms with Crippen LogP contribution in [-0.4, -0.2) is 7.11 Å². The van der Waals surface area contributed by atoms with Gasteiger partial charge in [0.2, 0.25) is 0 Å². The molecule has 11 heavy (non-hydrogen) atoms. The van der Waals surface area contributed by atoms with Crippen molar-refractivity contribution in [2.75, 3.05) is 7.11 Å². The van der Waals surface area contributed by atoms with Crippen molar-refractivity contribution in [3.8, 4) is 5.75 Å². The first-order chi connectivity index (χ1) is 5.26.